The smallest absolute Gasteiger partial charge is 0.319 e. The molecule has 4 fully saturated rings. The molecule has 0 saturated carbocycles. The number of pyridine rings is 1. The maximum atomic E-state index is 16.7. The number of benzene rings is 2. The maximum Gasteiger partial charge on any atom is 0.319 e. The van der Waals surface area contributed by atoms with E-state index < -0.39 is 23.3 Å². The van der Waals surface area contributed by atoms with Gasteiger partial charge in [0.1, 0.15) is 41.4 Å². The second kappa shape index (κ2) is 9.69. The molecule has 4 aromatic rings. The van der Waals surface area contributed by atoms with Crippen molar-refractivity contribution in [1.29, 1.82) is 0 Å². The fourth-order valence-corrected chi connectivity index (χ4v) is 7.56. The van der Waals surface area contributed by atoms with Crippen LogP contribution in [0.3, 0.4) is 0 Å². The molecular formula is C32H28F3N5O3. The third-order valence-electron chi connectivity index (χ3n) is 9.52. The third kappa shape index (κ3) is 4.03. The molecule has 6 heterocycles. The molecule has 2 aromatic heterocycles. The number of rotatable bonds is 5. The first-order valence-electron chi connectivity index (χ1n) is 14.5. The van der Waals surface area contributed by atoms with Gasteiger partial charge in [0, 0.05) is 30.1 Å². The van der Waals surface area contributed by atoms with Gasteiger partial charge in [0.05, 0.1) is 41.8 Å². The maximum absolute atomic E-state index is 16.7. The van der Waals surface area contributed by atoms with E-state index in [-0.39, 0.29) is 58.2 Å². The predicted octanol–water partition coefficient (Wildman–Crippen LogP) is 4.74. The number of hydrogen-bond donors (Lipinski definition) is 1. The van der Waals surface area contributed by atoms with Crippen LogP contribution < -0.4 is 9.64 Å². The van der Waals surface area contributed by atoms with Crippen LogP contribution in [0, 0.1) is 24.0 Å². The van der Waals surface area contributed by atoms with E-state index >= 15 is 4.39 Å². The monoisotopic (exact) mass is 587 g/mol. The minimum absolute atomic E-state index is 0.0101. The lowest BCUT2D eigenvalue weighted by molar-refractivity contribution is 0.00977. The topological polar surface area (TPSA) is 83.8 Å². The van der Waals surface area contributed by atoms with Crippen LogP contribution in [0.2, 0.25) is 0 Å². The molecule has 2 bridgehead atoms. The molecule has 8 rings (SSSR count). The number of phenols is 1. The van der Waals surface area contributed by atoms with Crippen molar-refractivity contribution in [2.24, 2.45) is 0 Å². The summed E-state index contributed by atoms with van der Waals surface area (Å²) in [6, 6.07) is 5.58. The number of phenolic OH excluding ortho intramolecular Hbond substituents is 1. The lowest BCUT2D eigenvalue weighted by atomic mass is 9.91. The zero-order valence-electron chi connectivity index (χ0n) is 23.2. The molecule has 1 N–H and O–H groups in total. The highest BCUT2D eigenvalue weighted by Crippen LogP contribution is 2.43. The van der Waals surface area contributed by atoms with E-state index in [1.165, 1.54) is 30.5 Å². The van der Waals surface area contributed by atoms with Crippen molar-refractivity contribution in [1.82, 2.24) is 19.9 Å². The van der Waals surface area contributed by atoms with E-state index in [9.17, 15) is 13.9 Å². The Morgan fingerprint density at radius 1 is 1.19 bits per heavy atom. The minimum Gasteiger partial charge on any atom is -0.508 e. The summed E-state index contributed by atoms with van der Waals surface area (Å²) in [5, 5.41) is 11.6. The Hall–Kier alpha value is -4.14. The molecule has 43 heavy (non-hydrogen) atoms. The Bertz CT molecular complexity index is 1830. The Kier molecular flexibility index (Phi) is 5.97. The largest absolute Gasteiger partial charge is 0.508 e. The van der Waals surface area contributed by atoms with Crippen LogP contribution in [0.5, 0.6) is 11.8 Å². The van der Waals surface area contributed by atoms with E-state index in [0.29, 0.717) is 42.8 Å². The average Bonchev–Trinajstić information content (AvgIpc) is 3.52. The number of anilines is 1. The summed E-state index contributed by atoms with van der Waals surface area (Å²) in [4.78, 5) is 17.9. The van der Waals surface area contributed by atoms with Crippen LogP contribution in [-0.2, 0) is 4.74 Å². The molecular weight excluding hydrogens is 559 g/mol. The summed E-state index contributed by atoms with van der Waals surface area (Å²) in [5.41, 5.74) is -0.523. The zero-order chi connectivity index (χ0) is 29.5. The Morgan fingerprint density at radius 2 is 2.02 bits per heavy atom. The highest BCUT2D eigenvalue weighted by atomic mass is 19.1. The SMILES string of the molecule is C#Cc1c(F)ccc2cc(O)cc(-c3ncc4c(N5C6COCC5C6)nc(OCC56CCCN5CC(F)C6)nc4c3F)c12. The Labute approximate surface area is 245 Å². The molecule has 4 aliphatic rings. The standard InChI is InChI=1S/C32H28F3N5O3/c1-2-22-25(34)5-4-17-8-21(41)10-23(26(17)22)28-27(35)29-24(12-36-28)30(40-19-9-20(40)15-42-14-19)38-31(37-29)43-16-32-6-3-7-39(32)13-18(33)11-32/h1,4-5,8,10,12,18-20,41H,3,6-7,9,11,13-16H2. The van der Waals surface area contributed by atoms with Gasteiger partial charge in [0.25, 0.3) is 0 Å². The molecule has 220 valence electrons. The molecule has 4 unspecified atom stereocenters. The molecule has 2 aromatic carbocycles. The summed E-state index contributed by atoms with van der Waals surface area (Å²) in [6.07, 6.45) is 9.30. The van der Waals surface area contributed by atoms with Crippen molar-refractivity contribution >= 4 is 27.5 Å². The number of hydrogen-bond acceptors (Lipinski definition) is 8. The molecule has 8 nitrogen and oxygen atoms in total. The molecule has 4 atom stereocenters. The molecule has 0 amide bonds. The average molecular weight is 588 g/mol. The van der Waals surface area contributed by atoms with E-state index in [2.05, 4.69) is 25.7 Å². The van der Waals surface area contributed by atoms with Gasteiger partial charge in [-0.15, -0.1) is 6.42 Å². The molecule has 0 radical (unpaired) electrons. The van der Waals surface area contributed by atoms with Crippen LogP contribution in [0.25, 0.3) is 32.9 Å². The number of aromatic hydroxyl groups is 1. The van der Waals surface area contributed by atoms with Crippen molar-refractivity contribution in [3.8, 4) is 35.4 Å². The number of nitrogens with zero attached hydrogens (tertiary/aromatic N) is 5. The highest BCUT2D eigenvalue weighted by Gasteiger charge is 2.49. The summed E-state index contributed by atoms with van der Waals surface area (Å²) >= 11 is 0. The predicted molar refractivity (Wildman–Crippen MR) is 154 cm³/mol. The minimum atomic E-state index is -0.918. The van der Waals surface area contributed by atoms with Gasteiger partial charge >= 0.3 is 6.01 Å². The van der Waals surface area contributed by atoms with Gasteiger partial charge in [-0.1, -0.05) is 12.0 Å². The highest BCUT2D eigenvalue weighted by molar-refractivity contribution is 6.03. The van der Waals surface area contributed by atoms with E-state index in [1.54, 1.807) is 0 Å². The van der Waals surface area contributed by atoms with Crippen LogP contribution in [0.4, 0.5) is 19.0 Å². The molecule has 0 spiro atoms. The second-order valence-corrected chi connectivity index (χ2v) is 12.0. The number of fused-ring (bicyclic) bond motifs is 5. The van der Waals surface area contributed by atoms with Crippen molar-refractivity contribution in [2.45, 2.75) is 49.5 Å². The lowest BCUT2D eigenvalue weighted by Gasteiger charge is -2.53. The van der Waals surface area contributed by atoms with Crippen LogP contribution in [0.1, 0.15) is 31.2 Å². The molecule has 4 aliphatic heterocycles. The van der Waals surface area contributed by atoms with Crippen molar-refractivity contribution in [3.63, 3.8) is 0 Å². The van der Waals surface area contributed by atoms with Crippen molar-refractivity contribution in [2.75, 3.05) is 37.8 Å². The first kappa shape index (κ1) is 26.5. The third-order valence-corrected chi connectivity index (χ3v) is 9.52. The number of aromatic nitrogens is 3. The first-order valence-corrected chi connectivity index (χ1v) is 14.5. The molecule has 4 saturated heterocycles. The van der Waals surface area contributed by atoms with Gasteiger partial charge < -0.3 is 19.5 Å². The molecule has 0 aliphatic carbocycles. The van der Waals surface area contributed by atoms with Gasteiger partial charge in [0.15, 0.2) is 5.82 Å². The van der Waals surface area contributed by atoms with Gasteiger partial charge in [-0.05, 0) is 49.4 Å². The molecule has 11 heteroatoms. The van der Waals surface area contributed by atoms with Crippen molar-refractivity contribution in [3.05, 3.63) is 47.7 Å². The van der Waals surface area contributed by atoms with Gasteiger partial charge in [-0.2, -0.15) is 9.97 Å². The lowest BCUT2D eigenvalue weighted by Crippen LogP contribution is -2.64. The van der Waals surface area contributed by atoms with Gasteiger partial charge in [-0.25, -0.2) is 13.2 Å². The zero-order valence-corrected chi connectivity index (χ0v) is 23.2. The Balaban J connectivity index is 1.28. The number of alkyl halides is 1. The van der Waals surface area contributed by atoms with Crippen LogP contribution >= 0.6 is 0 Å². The quantitative estimate of drug-likeness (QED) is 0.336. The van der Waals surface area contributed by atoms with Crippen molar-refractivity contribution < 1.29 is 27.8 Å². The summed E-state index contributed by atoms with van der Waals surface area (Å²) in [7, 11) is 0. The second-order valence-electron chi connectivity index (χ2n) is 12.0. The number of halogens is 3. The fourth-order valence-electron chi connectivity index (χ4n) is 7.56. The van der Waals surface area contributed by atoms with E-state index in [4.69, 9.17) is 20.9 Å². The van der Waals surface area contributed by atoms with Crippen LogP contribution in [0.15, 0.2) is 30.5 Å². The van der Waals surface area contributed by atoms with E-state index in [0.717, 1.165) is 25.8 Å². The van der Waals surface area contributed by atoms with Crippen LogP contribution in [-0.4, -0.2) is 81.7 Å². The summed E-state index contributed by atoms with van der Waals surface area (Å²) in [6.45, 7) is 2.43. The number of ether oxygens (including phenoxy) is 2. The Morgan fingerprint density at radius 3 is 2.81 bits per heavy atom. The fraction of sp³-hybridized carbons (Fsp3) is 0.406. The summed E-state index contributed by atoms with van der Waals surface area (Å²) < 4.78 is 57.7. The number of terminal acetylenes is 1. The van der Waals surface area contributed by atoms with Gasteiger partial charge in [0.2, 0.25) is 0 Å². The van der Waals surface area contributed by atoms with E-state index in [1.807, 2.05) is 0 Å². The van der Waals surface area contributed by atoms with Gasteiger partial charge in [-0.3, -0.25) is 9.88 Å². The normalized spacial score (nSPS) is 26.5. The number of morpholine rings is 1. The summed E-state index contributed by atoms with van der Waals surface area (Å²) in [5.74, 6) is 1.28. The first-order chi connectivity index (χ1) is 20.8.